The summed E-state index contributed by atoms with van der Waals surface area (Å²) in [7, 11) is 0. The highest BCUT2D eigenvalue weighted by molar-refractivity contribution is 7.26. The molecule has 0 spiro atoms. The summed E-state index contributed by atoms with van der Waals surface area (Å²) < 4.78 is 33.6. The number of rotatable bonds is 2. The van der Waals surface area contributed by atoms with Gasteiger partial charge in [-0.1, -0.05) is 121 Å². The van der Waals surface area contributed by atoms with Crippen LogP contribution in [0.5, 0.6) is 0 Å². The predicted octanol–water partition coefficient (Wildman–Crippen LogP) is 12.3. The van der Waals surface area contributed by atoms with E-state index in [1.165, 1.54) is 9.40 Å². The fourth-order valence-corrected chi connectivity index (χ4v) is 8.11. The number of fused-ring (bicyclic) bond motifs is 7. The maximum atomic E-state index is 15.7. The van der Waals surface area contributed by atoms with Crippen molar-refractivity contribution in [2.45, 2.75) is 0 Å². The van der Waals surface area contributed by atoms with Gasteiger partial charge in [0.2, 0.25) is 0 Å². The molecular formula is C40H22F2S. The first-order valence-electron chi connectivity index (χ1n) is 14.3. The Bertz CT molecular complexity index is 2480. The minimum atomic E-state index is -0.180. The van der Waals surface area contributed by atoms with Crippen LogP contribution in [0.2, 0.25) is 0 Å². The van der Waals surface area contributed by atoms with Crippen LogP contribution in [-0.2, 0) is 0 Å². The lowest BCUT2D eigenvalue weighted by Crippen LogP contribution is -1.90. The summed E-state index contributed by atoms with van der Waals surface area (Å²) in [4.78, 5) is 0. The highest BCUT2D eigenvalue weighted by atomic mass is 32.1. The smallest absolute Gasteiger partial charge is 0.138 e. The van der Waals surface area contributed by atoms with Crippen molar-refractivity contribution >= 4 is 74.6 Å². The third-order valence-electron chi connectivity index (χ3n) is 8.79. The summed E-state index contributed by atoms with van der Waals surface area (Å²) in [5.41, 5.74) is 4.26. The Kier molecular flexibility index (Phi) is 5.23. The van der Waals surface area contributed by atoms with Crippen LogP contribution in [0.1, 0.15) is 0 Å². The Morgan fingerprint density at radius 3 is 1.33 bits per heavy atom. The molecule has 3 heteroatoms. The highest BCUT2D eigenvalue weighted by Crippen LogP contribution is 2.47. The topological polar surface area (TPSA) is 0 Å². The molecule has 0 aliphatic carbocycles. The van der Waals surface area contributed by atoms with Gasteiger partial charge in [-0.2, -0.15) is 0 Å². The molecule has 0 atom stereocenters. The first-order valence-corrected chi connectivity index (χ1v) is 15.1. The second kappa shape index (κ2) is 9.19. The molecule has 0 saturated heterocycles. The molecule has 0 radical (unpaired) electrons. The van der Waals surface area contributed by atoms with Gasteiger partial charge >= 0.3 is 0 Å². The fourth-order valence-electron chi connectivity index (χ4n) is 6.90. The molecule has 0 amide bonds. The van der Waals surface area contributed by atoms with Gasteiger partial charge in [0.1, 0.15) is 11.6 Å². The van der Waals surface area contributed by atoms with E-state index in [0.29, 0.717) is 21.5 Å². The van der Waals surface area contributed by atoms with Gasteiger partial charge in [-0.3, -0.25) is 0 Å². The van der Waals surface area contributed by atoms with Crippen LogP contribution in [0, 0.1) is 11.6 Å². The zero-order valence-electron chi connectivity index (χ0n) is 22.9. The van der Waals surface area contributed by atoms with Crippen LogP contribution in [0.15, 0.2) is 133 Å². The van der Waals surface area contributed by atoms with E-state index in [9.17, 15) is 0 Å². The summed E-state index contributed by atoms with van der Waals surface area (Å²) in [6.07, 6.45) is 0. The van der Waals surface area contributed by atoms with Crippen molar-refractivity contribution in [3.8, 4) is 22.3 Å². The SMILES string of the molecule is Fc1c2ccccc2c(-c2ccc3sc4c(-c5c6ccccc6c(F)c6ccccc56)cccc4c3c2)c2ccccc12. The molecule has 0 nitrogen and oxygen atoms in total. The first-order chi connectivity index (χ1) is 21.2. The van der Waals surface area contributed by atoms with Gasteiger partial charge in [0.05, 0.1) is 0 Å². The van der Waals surface area contributed by atoms with E-state index in [2.05, 4.69) is 36.4 Å². The van der Waals surface area contributed by atoms with E-state index in [-0.39, 0.29) is 11.6 Å². The Hall–Kier alpha value is -5.12. The minimum absolute atomic E-state index is 0.179. The van der Waals surface area contributed by atoms with Crippen molar-refractivity contribution < 1.29 is 8.78 Å². The van der Waals surface area contributed by atoms with Crippen LogP contribution in [0.4, 0.5) is 8.78 Å². The number of hydrogen-bond acceptors (Lipinski definition) is 1. The van der Waals surface area contributed by atoms with E-state index < -0.39 is 0 Å². The Morgan fingerprint density at radius 1 is 0.372 bits per heavy atom. The molecule has 1 heterocycles. The number of halogens is 2. The Morgan fingerprint density at radius 2 is 0.814 bits per heavy atom. The zero-order chi connectivity index (χ0) is 28.7. The molecule has 0 aliphatic heterocycles. The lowest BCUT2D eigenvalue weighted by molar-refractivity contribution is 0.651. The molecule has 0 fully saturated rings. The molecule has 0 N–H and O–H groups in total. The van der Waals surface area contributed by atoms with Crippen LogP contribution >= 0.6 is 11.3 Å². The molecule has 0 saturated carbocycles. The van der Waals surface area contributed by atoms with Gasteiger partial charge in [0.15, 0.2) is 0 Å². The molecule has 202 valence electrons. The van der Waals surface area contributed by atoms with Crippen LogP contribution in [0.25, 0.3) is 85.5 Å². The lowest BCUT2D eigenvalue weighted by Gasteiger charge is -2.14. The van der Waals surface area contributed by atoms with Crippen LogP contribution < -0.4 is 0 Å². The highest BCUT2D eigenvalue weighted by Gasteiger charge is 2.20. The van der Waals surface area contributed by atoms with Crippen molar-refractivity contribution in [3.63, 3.8) is 0 Å². The van der Waals surface area contributed by atoms with Gasteiger partial charge in [-0.25, -0.2) is 8.78 Å². The molecule has 43 heavy (non-hydrogen) atoms. The summed E-state index contributed by atoms with van der Waals surface area (Å²) in [5.74, 6) is -0.359. The summed E-state index contributed by atoms with van der Waals surface area (Å²) in [5, 5.41) is 8.47. The van der Waals surface area contributed by atoms with Gasteiger partial charge in [-0.15, -0.1) is 11.3 Å². The minimum Gasteiger partial charge on any atom is -0.206 e. The van der Waals surface area contributed by atoms with E-state index >= 15 is 8.78 Å². The normalized spacial score (nSPS) is 12.0. The third kappa shape index (κ3) is 3.46. The quantitative estimate of drug-likeness (QED) is 0.181. The van der Waals surface area contributed by atoms with E-state index in [0.717, 1.165) is 54.6 Å². The molecule has 0 bridgehead atoms. The fraction of sp³-hybridized carbons (Fsp3) is 0. The molecule has 1 aromatic heterocycles. The van der Waals surface area contributed by atoms with Crippen molar-refractivity contribution in [3.05, 3.63) is 145 Å². The Balaban J connectivity index is 1.36. The average molecular weight is 573 g/mol. The monoisotopic (exact) mass is 572 g/mol. The zero-order valence-corrected chi connectivity index (χ0v) is 23.7. The summed E-state index contributed by atoms with van der Waals surface area (Å²) in [6, 6.07) is 44.1. The molecule has 9 aromatic rings. The average Bonchev–Trinajstić information content (AvgIpc) is 3.44. The number of hydrogen-bond donors (Lipinski definition) is 0. The van der Waals surface area contributed by atoms with E-state index in [1.54, 1.807) is 11.3 Å². The maximum Gasteiger partial charge on any atom is 0.138 e. The van der Waals surface area contributed by atoms with Gasteiger partial charge < -0.3 is 0 Å². The molecule has 0 unspecified atom stereocenters. The second-order valence-electron chi connectivity index (χ2n) is 11.1. The largest absolute Gasteiger partial charge is 0.206 e. The number of thiophene rings is 1. The summed E-state index contributed by atoms with van der Waals surface area (Å²) in [6.45, 7) is 0. The van der Waals surface area contributed by atoms with Gasteiger partial charge in [0, 0.05) is 47.3 Å². The van der Waals surface area contributed by atoms with E-state index in [1.807, 2.05) is 97.1 Å². The number of benzene rings is 8. The third-order valence-corrected chi connectivity index (χ3v) is 10.0. The van der Waals surface area contributed by atoms with Gasteiger partial charge in [0.25, 0.3) is 0 Å². The van der Waals surface area contributed by atoms with Crippen LogP contribution in [-0.4, -0.2) is 0 Å². The second-order valence-corrected chi connectivity index (χ2v) is 12.1. The Labute approximate surface area is 250 Å². The van der Waals surface area contributed by atoms with Crippen molar-refractivity contribution in [2.24, 2.45) is 0 Å². The molecule has 8 aromatic carbocycles. The molecule has 9 rings (SSSR count). The van der Waals surface area contributed by atoms with Crippen molar-refractivity contribution in [1.29, 1.82) is 0 Å². The van der Waals surface area contributed by atoms with Crippen molar-refractivity contribution in [2.75, 3.05) is 0 Å². The van der Waals surface area contributed by atoms with Crippen LogP contribution in [0.3, 0.4) is 0 Å². The maximum absolute atomic E-state index is 15.7. The predicted molar refractivity (Wildman–Crippen MR) is 180 cm³/mol. The van der Waals surface area contributed by atoms with E-state index in [4.69, 9.17) is 0 Å². The lowest BCUT2D eigenvalue weighted by atomic mass is 9.90. The van der Waals surface area contributed by atoms with Crippen molar-refractivity contribution in [1.82, 2.24) is 0 Å². The van der Waals surface area contributed by atoms with Gasteiger partial charge in [-0.05, 0) is 50.4 Å². The first kappa shape index (κ1) is 24.5. The summed E-state index contributed by atoms with van der Waals surface area (Å²) >= 11 is 1.76. The molecule has 0 aliphatic rings. The molecular weight excluding hydrogens is 551 g/mol. The standard InChI is InChI=1S/C40H22F2S/c41-38-28-14-5-1-10-24(28)36(25-11-2-6-15-29(25)38)23-20-21-35-34(22-23)32-18-9-19-33(40(32)43-35)37-26-12-3-7-16-30(26)39(42)31-17-8-4-13-27(31)37/h1-22H.